The number of carbonyl (C=O) groups is 2. The van der Waals surface area contributed by atoms with E-state index in [4.69, 9.17) is 4.74 Å². The molecule has 2 N–H and O–H groups in total. The molecule has 0 bridgehead atoms. The summed E-state index contributed by atoms with van der Waals surface area (Å²) < 4.78 is 5.08. The summed E-state index contributed by atoms with van der Waals surface area (Å²) in [6.07, 6.45) is 1.10. The van der Waals surface area contributed by atoms with Crippen LogP contribution < -0.4 is 10.6 Å². The zero-order valence-corrected chi connectivity index (χ0v) is 17.6. The number of aliphatic imine (C=N–C) groups is 1. The summed E-state index contributed by atoms with van der Waals surface area (Å²) in [6.45, 7) is 9.41. The molecule has 1 fully saturated rings. The molecule has 0 aromatic rings. The first-order valence-corrected chi connectivity index (χ1v) is 8.29. The lowest BCUT2D eigenvalue weighted by Gasteiger charge is -2.20. The van der Waals surface area contributed by atoms with Crippen LogP contribution in [0.25, 0.3) is 0 Å². The van der Waals surface area contributed by atoms with E-state index < -0.39 is 0 Å². The zero-order chi connectivity index (χ0) is 17.4. The van der Waals surface area contributed by atoms with Crippen molar-refractivity contribution in [1.82, 2.24) is 15.5 Å². The molecule has 1 rings (SSSR count). The third-order valence-electron chi connectivity index (χ3n) is 3.55. The van der Waals surface area contributed by atoms with Crippen LogP contribution in [0.5, 0.6) is 0 Å². The molecule has 8 heteroatoms. The van der Waals surface area contributed by atoms with Crippen molar-refractivity contribution in [3.05, 3.63) is 0 Å². The lowest BCUT2D eigenvalue weighted by Crippen LogP contribution is -2.45. The fourth-order valence-electron chi connectivity index (χ4n) is 2.44. The van der Waals surface area contributed by atoms with Crippen LogP contribution in [0.3, 0.4) is 0 Å². The molecule has 0 saturated carbocycles. The van der Waals surface area contributed by atoms with E-state index in [1.165, 1.54) is 0 Å². The summed E-state index contributed by atoms with van der Waals surface area (Å²) in [7, 11) is 1.69. The molecular formula is C16H31IN4O3. The number of likely N-dealkylation sites (tertiary alicyclic amines) is 1. The maximum Gasteiger partial charge on any atom is 0.307 e. The molecule has 1 saturated heterocycles. The highest BCUT2D eigenvalue weighted by atomic mass is 127. The molecule has 0 radical (unpaired) electrons. The van der Waals surface area contributed by atoms with Gasteiger partial charge in [0.15, 0.2) is 5.96 Å². The number of nitrogens with zero attached hydrogens (tertiary/aromatic N) is 2. The van der Waals surface area contributed by atoms with E-state index in [1.807, 2.05) is 32.6 Å². The highest BCUT2D eigenvalue weighted by Gasteiger charge is 2.27. The summed E-state index contributed by atoms with van der Waals surface area (Å²) in [6, 6.07) is 0.187. The SMILES string of the molecule is CN=C(NCCC(=O)OC(C)C)NC1CCN(C(=O)C(C)C)C1.I. The van der Waals surface area contributed by atoms with Crippen LogP contribution in [-0.4, -0.2) is 61.6 Å². The van der Waals surface area contributed by atoms with Crippen molar-refractivity contribution in [3.8, 4) is 0 Å². The number of esters is 1. The number of amides is 1. The third kappa shape index (κ3) is 8.16. The molecule has 1 heterocycles. The van der Waals surface area contributed by atoms with Gasteiger partial charge in [-0.3, -0.25) is 14.6 Å². The molecule has 0 aromatic carbocycles. The molecule has 0 aromatic heterocycles. The predicted octanol–water partition coefficient (Wildman–Crippen LogP) is 1.37. The summed E-state index contributed by atoms with van der Waals surface area (Å²) in [5.41, 5.74) is 0. The predicted molar refractivity (Wildman–Crippen MR) is 106 cm³/mol. The Morgan fingerprint density at radius 3 is 2.50 bits per heavy atom. The molecule has 24 heavy (non-hydrogen) atoms. The number of guanidine groups is 1. The molecule has 140 valence electrons. The van der Waals surface area contributed by atoms with Crippen molar-refractivity contribution in [2.24, 2.45) is 10.9 Å². The largest absolute Gasteiger partial charge is 0.463 e. The van der Waals surface area contributed by atoms with E-state index in [9.17, 15) is 9.59 Å². The summed E-state index contributed by atoms with van der Waals surface area (Å²) in [4.78, 5) is 29.5. The zero-order valence-electron chi connectivity index (χ0n) is 15.3. The van der Waals surface area contributed by atoms with Crippen molar-refractivity contribution < 1.29 is 14.3 Å². The molecular weight excluding hydrogens is 423 g/mol. The lowest BCUT2D eigenvalue weighted by molar-refractivity contribution is -0.147. The van der Waals surface area contributed by atoms with Crippen LogP contribution in [-0.2, 0) is 14.3 Å². The minimum Gasteiger partial charge on any atom is -0.463 e. The number of hydrogen-bond acceptors (Lipinski definition) is 4. The van der Waals surface area contributed by atoms with Crippen LogP contribution in [0.2, 0.25) is 0 Å². The monoisotopic (exact) mass is 454 g/mol. The van der Waals surface area contributed by atoms with Crippen LogP contribution in [0, 0.1) is 5.92 Å². The quantitative estimate of drug-likeness (QED) is 0.274. The molecule has 1 atom stereocenters. The first-order valence-electron chi connectivity index (χ1n) is 8.29. The van der Waals surface area contributed by atoms with Gasteiger partial charge < -0.3 is 20.3 Å². The van der Waals surface area contributed by atoms with Gasteiger partial charge in [-0.1, -0.05) is 13.8 Å². The van der Waals surface area contributed by atoms with E-state index in [1.54, 1.807) is 7.05 Å². The highest BCUT2D eigenvalue weighted by Crippen LogP contribution is 2.12. The number of ether oxygens (including phenoxy) is 1. The van der Waals surface area contributed by atoms with Gasteiger partial charge in [0.2, 0.25) is 5.91 Å². The molecule has 1 aliphatic heterocycles. The van der Waals surface area contributed by atoms with Gasteiger partial charge in [0.25, 0.3) is 0 Å². The van der Waals surface area contributed by atoms with Gasteiger partial charge in [0, 0.05) is 38.6 Å². The first-order chi connectivity index (χ1) is 10.8. The normalized spacial score (nSPS) is 17.7. The van der Waals surface area contributed by atoms with Crippen molar-refractivity contribution in [3.63, 3.8) is 0 Å². The Morgan fingerprint density at radius 2 is 1.96 bits per heavy atom. The topological polar surface area (TPSA) is 83.0 Å². The summed E-state index contributed by atoms with van der Waals surface area (Å²) in [5, 5.41) is 6.40. The number of hydrogen-bond donors (Lipinski definition) is 2. The Balaban J connectivity index is 0.00000529. The second-order valence-electron chi connectivity index (χ2n) is 6.36. The van der Waals surface area contributed by atoms with E-state index in [-0.39, 0.29) is 53.9 Å². The molecule has 1 aliphatic rings. The Kier molecular flexibility index (Phi) is 11.0. The highest BCUT2D eigenvalue weighted by molar-refractivity contribution is 14.0. The van der Waals surface area contributed by atoms with E-state index >= 15 is 0 Å². The van der Waals surface area contributed by atoms with Crippen LogP contribution in [0.4, 0.5) is 0 Å². The average molecular weight is 454 g/mol. The van der Waals surface area contributed by atoms with Crippen molar-refractivity contribution in [1.29, 1.82) is 0 Å². The summed E-state index contributed by atoms with van der Waals surface area (Å²) >= 11 is 0. The Labute approximate surface area is 162 Å². The lowest BCUT2D eigenvalue weighted by atomic mass is 10.2. The number of nitrogens with one attached hydrogen (secondary N) is 2. The number of rotatable bonds is 6. The minimum atomic E-state index is -0.225. The average Bonchev–Trinajstić information content (AvgIpc) is 2.92. The van der Waals surface area contributed by atoms with Gasteiger partial charge >= 0.3 is 5.97 Å². The standard InChI is InChI=1S/C16H30N4O3.HI/c1-11(2)15(22)20-9-7-13(10-20)19-16(17-5)18-8-6-14(21)23-12(3)4;/h11-13H,6-10H2,1-5H3,(H2,17,18,19);1H. The van der Waals surface area contributed by atoms with Crippen molar-refractivity contribution in [2.45, 2.75) is 52.7 Å². The fraction of sp³-hybridized carbons (Fsp3) is 0.812. The van der Waals surface area contributed by atoms with Crippen molar-refractivity contribution >= 4 is 41.8 Å². The second-order valence-corrected chi connectivity index (χ2v) is 6.36. The van der Waals surface area contributed by atoms with Crippen LogP contribution in [0.15, 0.2) is 4.99 Å². The fourth-order valence-corrected chi connectivity index (χ4v) is 2.44. The molecule has 1 unspecified atom stereocenters. The van der Waals surface area contributed by atoms with Gasteiger partial charge in [0.05, 0.1) is 12.5 Å². The molecule has 0 aliphatic carbocycles. The first kappa shape index (κ1) is 22.9. The number of carbonyl (C=O) groups excluding carboxylic acids is 2. The maximum atomic E-state index is 12.0. The Bertz CT molecular complexity index is 441. The van der Waals surface area contributed by atoms with Gasteiger partial charge in [0.1, 0.15) is 0 Å². The molecule has 0 spiro atoms. The minimum absolute atomic E-state index is 0. The maximum absolute atomic E-state index is 12.0. The van der Waals surface area contributed by atoms with Gasteiger partial charge in [-0.2, -0.15) is 0 Å². The van der Waals surface area contributed by atoms with Crippen molar-refractivity contribution in [2.75, 3.05) is 26.7 Å². The van der Waals surface area contributed by atoms with Crippen LogP contribution >= 0.6 is 24.0 Å². The second kappa shape index (κ2) is 11.5. The van der Waals surface area contributed by atoms with Crippen LogP contribution in [0.1, 0.15) is 40.5 Å². The van der Waals surface area contributed by atoms with E-state index in [2.05, 4.69) is 15.6 Å². The van der Waals surface area contributed by atoms with E-state index in [0.717, 1.165) is 13.0 Å². The molecule has 7 nitrogen and oxygen atoms in total. The third-order valence-corrected chi connectivity index (χ3v) is 3.55. The Hall–Kier alpha value is -1.06. The Morgan fingerprint density at radius 1 is 1.29 bits per heavy atom. The smallest absolute Gasteiger partial charge is 0.307 e. The van der Waals surface area contributed by atoms with Gasteiger partial charge in [-0.05, 0) is 20.3 Å². The number of halogens is 1. The molecule has 1 amide bonds. The van der Waals surface area contributed by atoms with Gasteiger partial charge in [-0.25, -0.2) is 0 Å². The summed E-state index contributed by atoms with van der Waals surface area (Å²) in [5.74, 6) is 0.635. The van der Waals surface area contributed by atoms with Gasteiger partial charge in [-0.15, -0.1) is 24.0 Å². The van der Waals surface area contributed by atoms with E-state index in [0.29, 0.717) is 25.5 Å².